The minimum atomic E-state index is -0.167. The largest absolute Gasteiger partial charge is 0.118 e. The number of hydrogen-bond acceptors (Lipinski definition) is 0. The molecule has 34 heavy (non-hydrogen) atoms. The molecule has 0 aliphatic rings. The van der Waals surface area contributed by atoms with E-state index >= 15 is 0 Å². The van der Waals surface area contributed by atoms with Crippen LogP contribution in [0.15, 0.2) is 0 Å². The molecule has 0 spiro atoms. The van der Waals surface area contributed by atoms with E-state index in [4.69, 9.17) is 174 Å². The van der Waals surface area contributed by atoms with Crippen LogP contribution >= 0.6 is 174 Å². The second-order valence-electron chi connectivity index (χ2n) is 6.21. The number of benzene rings is 3. The van der Waals surface area contributed by atoms with Crippen LogP contribution in [-0.2, 0) is 0 Å². The molecule has 3 aromatic carbocycles. The molecule has 0 radical (unpaired) electrons. The van der Waals surface area contributed by atoms with E-state index < -0.39 is 0 Å². The van der Waals surface area contributed by atoms with Gasteiger partial charge in [0.15, 0.2) is 0 Å². The number of rotatable bonds is 3. The number of halogens is 15. The van der Waals surface area contributed by atoms with Crippen molar-refractivity contribution in [2.24, 2.45) is 0 Å². The van der Waals surface area contributed by atoms with Crippen molar-refractivity contribution in [1.82, 2.24) is 0 Å². The normalized spacial score (nSPS) is 11.4. The lowest BCUT2D eigenvalue weighted by Crippen LogP contribution is -2.11. The quantitative estimate of drug-likeness (QED) is 0.108. The molecule has 0 atom stereocenters. The molecule has 3 aromatic rings. The standard InChI is InChI=1S/C19Cl15/c20-5-2(6(21)12(27)17(32)11(5)26)1(3-7(22)13(28)18(33)14(29)8(3)23)4-9(24)15(30)19(34)16(31)10(4)25/q-1. The predicted molar refractivity (Wildman–Crippen MR) is 155 cm³/mol. The van der Waals surface area contributed by atoms with E-state index in [-0.39, 0.29) is 97.9 Å². The molecule has 0 bridgehead atoms. The SMILES string of the molecule is Clc1c(Cl)c(Cl)c([C-](c2c(Cl)c(Cl)c(Cl)c(Cl)c2Cl)c2c(Cl)c(Cl)c(Cl)c(Cl)c2Cl)c(Cl)c1Cl. The van der Waals surface area contributed by atoms with Crippen molar-refractivity contribution in [2.75, 3.05) is 0 Å². The zero-order chi connectivity index (χ0) is 26.0. The first-order valence-corrected chi connectivity index (χ1v) is 13.8. The molecule has 0 nitrogen and oxygen atoms in total. The van der Waals surface area contributed by atoms with Gasteiger partial charge in [-0.3, -0.25) is 0 Å². The fourth-order valence-corrected chi connectivity index (χ4v) is 6.83. The Hall–Kier alpha value is 1.88. The molecule has 0 saturated carbocycles. The third-order valence-electron chi connectivity index (χ3n) is 4.38. The molecule has 0 amide bonds. The molecule has 0 aliphatic heterocycles. The van der Waals surface area contributed by atoms with Gasteiger partial charge in [-0.05, 0) is 16.7 Å². The molecule has 0 fully saturated rings. The van der Waals surface area contributed by atoms with Gasteiger partial charge in [-0.15, -0.1) is 69.6 Å². The first kappa shape index (κ1) is 30.4. The van der Waals surface area contributed by atoms with E-state index in [0.717, 1.165) is 0 Å². The summed E-state index contributed by atoms with van der Waals surface area (Å²) in [6.45, 7) is 0. The minimum Gasteiger partial charge on any atom is -0.118 e. The Balaban J connectivity index is 2.68. The summed E-state index contributed by atoms with van der Waals surface area (Å²) in [5.41, 5.74) is -0.127. The Morgan fingerprint density at radius 3 is 0.471 bits per heavy atom. The molecule has 0 unspecified atom stereocenters. The highest BCUT2D eigenvalue weighted by Crippen LogP contribution is 2.58. The minimum absolute atomic E-state index is 0.0404. The first-order valence-electron chi connectivity index (χ1n) is 8.08. The van der Waals surface area contributed by atoms with Gasteiger partial charge >= 0.3 is 0 Å². The highest BCUT2D eigenvalue weighted by molar-refractivity contribution is 6.58. The Morgan fingerprint density at radius 1 is 0.206 bits per heavy atom. The molecule has 0 aliphatic carbocycles. The van der Waals surface area contributed by atoms with Gasteiger partial charge in [-0.25, -0.2) is 0 Å². The lowest BCUT2D eigenvalue weighted by molar-refractivity contribution is 1.23. The van der Waals surface area contributed by atoms with E-state index in [1.165, 1.54) is 0 Å². The molecule has 0 saturated heterocycles. The molecule has 3 rings (SSSR count). The van der Waals surface area contributed by atoms with E-state index in [1.54, 1.807) is 0 Å². The van der Waals surface area contributed by atoms with Crippen LogP contribution in [0.2, 0.25) is 75.3 Å². The van der Waals surface area contributed by atoms with Gasteiger partial charge in [0.1, 0.15) is 0 Å². The summed E-state index contributed by atoms with van der Waals surface area (Å²) in [5, 5.41) is -2.25. The maximum Gasteiger partial charge on any atom is 0.0700 e. The van der Waals surface area contributed by atoms with Crippen LogP contribution in [0.25, 0.3) is 0 Å². The van der Waals surface area contributed by atoms with Crippen LogP contribution in [0, 0.1) is 5.92 Å². The highest BCUT2D eigenvalue weighted by Gasteiger charge is 2.32. The van der Waals surface area contributed by atoms with Crippen molar-refractivity contribution in [1.29, 1.82) is 0 Å². The van der Waals surface area contributed by atoms with Gasteiger partial charge in [-0.2, -0.15) is 0 Å². The van der Waals surface area contributed by atoms with Gasteiger partial charge in [0.05, 0.1) is 45.2 Å². The van der Waals surface area contributed by atoms with Gasteiger partial charge in [0, 0.05) is 30.1 Å². The van der Waals surface area contributed by atoms with Crippen molar-refractivity contribution in [3.8, 4) is 0 Å². The van der Waals surface area contributed by atoms with E-state index in [9.17, 15) is 0 Å². The van der Waals surface area contributed by atoms with Crippen molar-refractivity contribution in [2.45, 2.75) is 0 Å². The second kappa shape index (κ2) is 11.5. The second-order valence-corrected chi connectivity index (χ2v) is 11.9. The fraction of sp³-hybridized carbons (Fsp3) is 0. The van der Waals surface area contributed by atoms with Crippen molar-refractivity contribution >= 4 is 174 Å². The summed E-state index contributed by atoms with van der Waals surface area (Å²) in [4.78, 5) is 0. The Bertz CT molecular complexity index is 1110. The summed E-state index contributed by atoms with van der Waals surface area (Å²) in [7, 11) is 0. The Morgan fingerprint density at radius 2 is 0.324 bits per heavy atom. The van der Waals surface area contributed by atoms with E-state index in [2.05, 4.69) is 0 Å². The van der Waals surface area contributed by atoms with Gasteiger partial charge in [-0.1, -0.05) is 110 Å². The Labute approximate surface area is 268 Å². The van der Waals surface area contributed by atoms with E-state index in [0.29, 0.717) is 0 Å². The average molecular weight is 760 g/mol. The van der Waals surface area contributed by atoms with Gasteiger partial charge in [0.2, 0.25) is 0 Å². The van der Waals surface area contributed by atoms with Crippen molar-refractivity contribution in [3.05, 3.63) is 97.9 Å². The number of hydrogen-bond donors (Lipinski definition) is 0. The van der Waals surface area contributed by atoms with Crippen molar-refractivity contribution < 1.29 is 0 Å². The van der Waals surface area contributed by atoms with Crippen LogP contribution < -0.4 is 0 Å². The Kier molecular flexibility index (Phi) is 10.3. The maximum absolute atomic E-state index is 6.56. The fourth-order valence-electron chi connectivity index (χ4n) is 2.85. The summed E-state index contributed by atoms with van der Waals surface area (Å²) in [6.07, 6.45) is 0. The smallest absolute Gasteiger partial charge is 0.0700 e. The lowest BCUT2D eigenvalue weighted by atomic mass is 9.84. The molecule has 0 N–H and O–H groups in total. The highest BCUT2D eigenvalue weighted by atomic mass is 35.5. The topological polar surface area (TPSA) is 0 Å². The van der Waals surface area contributed by atoms with Crippen molar-refractivity contribution in [3.63, 3.8) is 0 Å². The van der Waals surface area contributed by atoms with Gasteiger partial charge < -0.3 is 0 Å². The monoisotopic (exact) mass is 753 g/mol. The van der Waals surface area contributed by atoms with Crippen LogP contribution in [0.1, 0.15) is 16.7 Å². The summed E-state index contributed by atoms with van der Waals surface area (Å²) in [6, 6.07) is 0. The first-order chi connectivity index (χ1) is 15.7. The average Bonchev–Trinajstić information content (AvgIpc) is 2.81. The zero-order valence-corrected chi connectivity index (χ0v) is 26.5. The summed E-state index contributed by atoms with van der Waals surface area (Å²) < 4.78 is 0. The van der Waals surface area contributed by atoms with Crippen LogP contribution in [-0.4, -0.2) is 0 Å². The third-order valence-corrected chi connectivity index (χ3v) is 11.2. The molecule has 182 valence electrons. The maximum atomic E-state index is 6.56. The molecule has 0 aromatic heterocycles. The zero-order valence-electron chi connectivity index (χ0n) is 15.2. The molecule has 0 heterocycles. The van der Waals surface area contributed by atoms with Crippen LogP contribution in [0.5, 0.6) is 0 Å². The molecular formula is C19Cl15-. The van der Waals surface area contributed by atoms with Crippen LogP contribution in [0.3, 0.4) is 0 Å². The summed E-state index contributed by atoms with van der Waals surface area (Å²) in [5.74, 6) is -0.0404. The lowest BCUT2D eigenvalue weighted by Gasteiger charge is -2.33. The van der Waals surface area contributed by atoms with E-state index in [1.807, 2.05) is 0 Å². The third kappa shape index (κ3) is 4.97. The summed E-state index contributed by atoms with van der Waals surface area (Å²) >= 11 is 95.8. The predicted octanol–water partition coefficient (Wildman–Crippen LogP) is 14.5. The van der Waals surface area contributed by atoms with Gasteiger partial charge in [0.25, 0.3) is 0 Å². The molecular weight excluding hydrogens is 760 g/mol. The van der Waals surface area contributed by atoms with Crippen LogP contribution in [0.4, 0.5) is 0 Å². The molecule has 15 heteroatoms.